The van der Waals surface area contributed by atoms with E-state index in [0.717, 1.165) is 54.8 Å². The molecule has 1 aromatic heterocycles. The fourth-order valence-electron chi connectivity index (χ4n) is 4.91. The fraction of sp³-hybridized carbons (Fsp3) is 0.400. The van der Waals surface area contributed by atoms with Gasteiger partial charge in [0.25, 0.3) is 5.91 Å². The summed E-state index contributed by atoms with van der Waals surface area (Å²) >= 11 is 0. The molecule has 0 bridgehead atoms. The number of H-pyrrole nitrogens is 1. The molecule has 5 rings (SSSR count). The van der Waals surface area contributed by atoms with Crippen molar-refractivity contribution in [1.82, 2.24) is 19.7 Å². The highest BCUT2D eigenvalue weighted by Gasteiger charge is 2.25. The van der Waals surface area contributed by atoms with E-state index in [1.807, 2.05) is 23.1 Å². The van der Waals surface area contributed by atoms with Gasteiger partial charge in [-0.2, -0.15) is 0 Å². The Labute approximate surface area is 182 Å². The van der Waals surface area contributed by atoms with Gasteiger partial charge in [0.15, 0.2) is 0 Å². The topological polar surface area (TPSA) is 42.6 Å². The van der Waals surface area contributed by atoms with Crippen molar-refractivity contribution in [1.29, 1.82) is 0 Å². The Hall–Kier alpha value is -2.70. The standard InChI is InChI=1S/C25H29FN4O/c26-21-6-3-5-19(15-21)17-29-11-13-30(14-12-29)25(31)22-7-4-8-23-24(22)20(16-27-23)18-28-9-1-2-10-28/h3-8,15-16,27H,1-2,9-14,17-18H2. The SMILES string of the molecule is O=C(c1cccc2[nH]cc(CN3CCCC3)c12)N1CCN(Cc2cccc(F)c2)CC1. The van der Waals surface area contributed by atoms with Crippen LogP contribution in [-0.2, 0) is 13.1 Å². The summed E-state index contributed by atoms with van der Waals surface area (Å²) in [5, 5.41) is 1.07. The molecule has 5 nitrogen and oxygen atoms in total. The van der Waals surface area contributed by atoms with Crippen LogP contribution in [-0.4, -0.2) is 64.9 Å². The third-order valence-corrected chi connectivity index (χ3v) is 6.57. The van der Waals surface area contributed by atoms with Crippen LogP contribution in [0.1, 0.15) is 34.3 Å². The first-order valence-electron chi connectivity index (χ1n) is 11.2. The van der Waals surface area contributed by atoms with Gasteiger partial charge < -0.3 is 9.88 Å². The molecule has 1 N–H and O–H groups in total. The predicted octanol–water partition coefficient (Wildman–Crippen LogP) is 3.86. The second-order valence-electron chi connectivity index (χ2n) is 8.72. The molecule has 0 aliphatic carbocycles. The molecule has 1 amide bonds. The van der Waals surface area contributed by atoms with Crippen LogP contribution in [0.25, 0.3) is 10.9 Å². The van der Waals surface area contributed by atoms with Gasteiger partial charge in [-0.15, -0.1) is 0 Å². The summed E-state index contributed by atoms with van der Waals surface area (Å²) in [6.45, 7) is 6.86. The van der Waals surface area contributed by atoms with Gasteiger partial charge in [0.2, 0.25) is 0 Å². The number of aromatic amines is 1. The number of piperazine rings is 1. The van der Waals surface area contributed by atoms with Crippen molar-refractivity contribution in [2.24, 2.45) is 0 Å². The van der Waals surface area contributed by atoms with E-state index in [1.165, 1.54) is 24.5 Å². The number of rotatable bonds is 5. The monoisotopic (exact) mass is 420 g/mol. The summed E-state index contributed by atoms with van der Waals surface area (Å²) < 4.78 is 13.5. The number of likely N-dealkylation sites (tertiary alicyclic amines) is 1. The molecular weight excluding hydrogens is 391 g/mol. The zero-order valence-corrected chi connectivity index (χ0v) is 17.8. The zero-order chi connectivity index (χ0) is 21.2. The number of hydrogen-bond acceptors (Lipinski definition) is 3. The normalized spacial score (nSPS) is 18.2. The zero-order valence-electron chi connectivity index (χ0n) is 17.8. The molecule has 2 aromatic carbocycles. The summed E-state index contributed by atoms with van der Waals surface area (Å²) in [4.78, 5) is 23.5. The van der Waals surface area contributed by atoms with E-state index in [1.54, 1.807) is 12.1 Å². The lowest BCUT2D eigenvalue weighted by atomic mass is 10.0. The molecule has 0 atom stereocenters. The van der Waals surface area contributed by atoms with E-state index in [2.05, 4.69) is 27.0 Å². The Morgan fingerprint density at radius 1 is 0.903 bits per heavy atom. The van der Waals surface area contributed by atoms with Gasteiger partial charge in [-0.25, -0.2) is 4.39 Å². The third kappa shape index (κ3) is 4.36. The van der Waals surface area contributed by atoms with Crippen LogP contribution >= 0.6 is 0 Å². The van der Waals surface area contributed by atoms with Gasteiger partial charge in [-0.1, -0.05) is 18.2 Å². The van der Waals surface area contributed by atoms with Crippen LogP contribution in [0.2, 0.25) is 0 Å². The van der Waals surface area contributed by atoms with Gasteiger partial charge in [-0.05, 0) is 61.3 Å². The van der Waals surface area contributed by atoms with Gasteiger partial charge in [-0.3, -0.25) is 14.6 Å². The maximum absolute atomic E-state index is 13.5. The van der Waals surface area contributed by atoms with Crippen LogP contribution in [0, 0.1) is 5.82 Å². The van der Waals surface area contributed by atoms with Crippen molar-refractivity contribution >= 4 is 16.8 Å². The van der Waals surface area contributed by atoms with Gasteiger partial charge >= 0.3 is 0 Å². The van der Waals surface area contributed by atoms with Crippen molar-refractivity contribution in [2.75, 3.05) is 39.3 Å². The van der Waals surface area contributed by atoms with E-state index in [4.69, 9.17) is 0 Å². The molecule has 2 aliphatic heterocycles. The van der Waals surface area contributed by atoms with E-state index < -0.39 is 0 Å². The molecule has 2 saturated heterocycles. The van der Waals surface area contributed by atoms with Crippen LogP contribution in [0.3, 0.4) is 0 Å². The molecule has 0 unspecified atom stereocenters. The Bertz CT molecular complexity index is 1060. The average molecular weight is 421 g/mol. The first-order valence-corrected chi connectivity index (χ1v) is 11.2. The van der Waals surface area contributed by atoms with Gasteiger partial charge in [0.1, 0.15) is 5.82 Å². The summed E-state index contributed by atoms with van der Waals surface area (Å²) in [7, 11) is 0. The molecule has 162 valence electrons. The van der Waals surface area contributed by atoms with Crippen molar-refractivity contribution < 1.29 is 9.18 Å². The van der Waals surface area contributed by atoms with Crippen molar-refractivity contribution in [3.63, 3.8) is 0 Å². The summed E-state index contributed by atoms with van der Waals surface area (Å²) in [6, 6.07) is 12.7. The molecule has 3 aromatic rings. The molecule has 0 spiro atoms. The number of halogens is 1. The smallest absolute Gasteiger partial charge is 0.254 e. The van der Waals surface area contributed by atoms with E-state index in [0.29, 0.717) is 19.6 Å². The van der Waals surface area contributed by atoms with Crippen molar-refractivity contribution in [3.05, 3.63) is 71.2 Å². The van der Waals surface area contributed by atoms with Gasteiger partial charge in [0, 0.05) is 61.9 Å². The van der Waals surface area contributed by atoms with Crippen molar-refractivity contribution in [3.8, 4) is 0 Å². The number of fused-ring (bicyclic) bond motifs is 1. The first kappa shape index (κ1) is 20.2. The van der Waals surface area contributed by atoms with E-state index in [-0.39, 0.29) is 11.7 Å². The lowest BCUT2D eigenvalue weighted by molar-refractivity contribution is 0.0630. The lowest BCUT2D eigenvalue weighted by Crippen LogP contribution is -2.48. The molecule has 2 fully saturated rings. The quantitative estimate of drug-likeness (QED) is 0.682. The minimum absolute atomic E-state index is 0.110. The number of aromatic nitrogens is 1. The molecule has 2 aliphatic rings. The number of amides is 1. The average Bonchev–Trinajstić information content (AvgIpc) is 3.44. The lowest BCUT2D eigenvalue weighted by Gasteiger charge is -2.35. The summed E-state index contributed by atoms with van der Waals surface area (Å²) in [5.41, 5.74) is 4.02. The Morgan fingerprint density at radius 3 is 2.42 bits per heavy atom. The minimum Gasteiger partial charge on any atom is -0.361 e. The third-order valence-electron chi connectivity index (χ3n) is 6.57. The number of hydrogen-bond donors (Lipinski definition) is 1. The second kappa shape index (κ2) is 8.81. The Balaban J connectivity index is 1.28. The molecule has 0 radical (unpaired) electrons. The first-order chi connectivity index (χ1) is 15.2. The largest absolute Gasteiger partial charge is 0.361 e. The highest BCUT2D eigenvalue weighted by atomic mass is 19.1. The fourth-order valence-corrected chi connectivity index (χ4v) is 4.91. The van der Waals surface area contributed by atoms with E-state index >= 15 is 0 Å². The highest BCUT2D eigenvalue weighted by molar-refractivity contribution is 6.07. The van der Waals surface area contributed by atoms with Crippen LogP contribution < -0.4 is 0 Å². The predicted molar refractivity (Wildman–Crippen MR) is 120 cm³/mol. The summed E-state index contributed by atoms with van der Waals surface area (Å²) in [6.07, 6.45) is 4.58. The van der Waals surface area contributed by atoms with Crippen LogP contribution in [0.4, 0.5) is 4.39 Å². The molecule has 3 heterocycles. The molecular formula is C25H29FN4O. The molecule has 31 heavy (non-hydrogen) atoms. The minimum atomic E-state index is -0.198. The Morgan fingerprint density at radius 2 is 1.65 bits per heavy atom. The summed E-state index contributed by atoms with van der Waals surface area (Å²) in [5.74, 6) is -0.0890. The van der Waals surface area contributed by atoms with Crippen molar-refractivity contribution in [2.45, 2.75) is 25.9 Å². The second-order valence-corrected chi connectivity index (χ2v) is 8.72. The number of benzene rings is 2. The Kier molecular flexibility index (Phi) is 5.74. The number of nitrogens with one attached hydrogen (secondary N) is 1. The maximum atomic E-state index is 13.5. The van der Waals surface area contributed by atoms with Crippen LogP contribution in [0.5, 0.6) is 0 Å². The van der Waals surface area contributed by atoms with E-state index in [9.17, 15) is 9.18 Å². The number of nitrogens with zero attached hydrogens (tertiary/aromatic N) is 3. The van der Waals surface area contributed by atoms with Crippen LogP contribution in [0.15, 0.2) is 48.7 Å². The highest BCUT2D eigenvalue weighted by Crippen LogP contribution is 2.26. The van der Waals surface area contributed by atoms with Gasteiger partial charge in [0.05, 0.1) is 0 Å². The molecule has 6 heteroatoms. The maximum Gasteiger partial charge on any atom is 0.254 e. The number of carbonyl (C=O) groups is 1. The number of carbonyl (C=O) groups excluding carboxylic acids is 1. The molecule has 0 saturated carbocycles.